The van der Waals surface area contributed by atoms with E-state index in [0.29, 0.717) is 39.4 Å². The van der Waals surface area contributed by atoms with Crippen molar-refractivity contribution in [1.29, 1.82) is 5.26 Å². The van der Waals surface area contributed by atoms with Gasteiger partial charge < -0.3 is 14.8 Å². The fourth-order valence-electron chi connectivity index (χ4n) is 3.54. The summed E-state index contributed by atoms with van der Waals surface area (Å²) in [6.07, 6.45) is 1.49. The number of hydrogen-bond acceptors (Lipinski definition) is 4. The van der Waals surface area contributed by atoms with Gasteiger partial charge in [0.2, 0.25) is 0 Å². The Morgan fingerprint density at radius 1 is 0.897 bits per heavy atom. The fraction of sp³-hybridized carbons (Fsp3) is 0.0968. The number of anilines is 1. The van der Waals surface area contributed by atoms with Gasteiger partial charge in [0.15, 0.2) is 0 Å². The first-order valence-electron chi connectivity index (χ1n) is 11.9. The summed E-state index contributed by atoms with van der Waals surface area (Å²) in [5.41, 5.74) is 4.11. The van der Waals surface area contributed by atoms with Gasteiger partial charge in [0.25, 0.3) is 5.91 Å². The molecular formula is C31H23BrCl2N2O3. The minimum absolute atomic E-state index is 0.0767. The van der Waals surface area contributed by atoms with Crippen molar-refractivity contribution in [1.82, 2.24) is 0 Å². The number of ether oxygens (including phenoxy) is 2. The second-order valence-corrected chi connectivity index (χ2v) is 10.4. The van der Waals surface area contributed by atoms with Crippen molar-refractivity contribution in [3.05, 3.63) is 127 Å². The Morgan fingerprint density at radius 2 is 1.59 bits per heavy atom. The lowest BCUT2D eigenvalue weighted by atomic mass is 10.1. The fourth-order valence-corrected chi connectivity index (χ4v) is 4.24. The van der Waals surface area contributed by atoms with Gasteiger partial charge in [-0.15, -0.1) is 0 Å². The minimum atomic E-state index is -0.541. The number of benzene rings is 4. The molecule has 0 unspecified atom stereocenters. The Balaban J connectivity index is 1.42. The van der Waals surface area contributed by atoms with Crippen molar-refractivity contribution >= 4 is 56.8 Å². The summed E-state index contributed by atoms with van der Waals surface area (Å²) in [6.45, 7) is 2.71. The van der Waals surface area contributed by atoms with Gasteiger partial charge in [0, 0.05) is 15.7 Å². The van der Waals surface area contributed by atoms with E-state index in [9.17, 15) is 10.1 Å². The molecular weight excluding hydrogens is 599 g/mol. The SMILES string of the molecule is Cc1ccc(COc2ccc(NC(=O)/C(C#N)=C/c3cc(Br)ccc3OCc3ccc(Cl)c(Cl)c3)cc2)cc1. The predicted molar refractivity (Wildman–Crippen MR) is 159 cm³/mol. The lowest BCUT2D eigenvalue weighted by Crippen LogP contribution is -2.13. The first-order valence-corrected chi connectivity index (χ1v) is 13.4. The molecule has 0 saturated carbocycles. The maximum Gasteiger partial charge on any atom is 0.266 e. The number of rotatable bonds is 9. The molecule has 5 nitrogen and oxygen atoms in total. The van der Waals surface area contributed by atoms with Crippen LogP contribution in [0.2, 0.25) is 10.0 Å². The van der Waals surface area contributed by atoms with Crippen LogP contribution in [-0.2, 0) is 18.0 Å². The van der Waals surface area contributed by atoms with Crippen molar-refractivity contribution < 1.29 is 14.3 Å². The number of hydrogen-bond donors (Lipinski definition) is 1. The number of nitriles is 1. The molecule has 4 aromatic carbocycles. The third-order valence-electron chi connectivity index (χ3n) is 5.65. The van der Waals surface area contributed by atoms with E-state index in [1.165, 1.54) is 11.6 Å². The minimum Gasteiger partial charge on any atom is -0.489 e. The first kappa shape index (κ1) is 28.3. The van der Waals surface area contributed by atoms with E-state index < -0.39 is 5.91 Å². The average Bonchev–Trinajstić information content (AvgIpc) is 2.93. The Labute approximate surface area is 245 Å². The van der Waals surface area contributed by atoms with Crippen LogP contribution in [0.5, 0.6) is 11.5 Å². The zero-order valence-electron chi connectivity index (χ0n) is 20.9. The van der Waals surface area contributed by atoms with Crippen molar-refractivity contribution in [2.75, 3.05) is 5.32 Å². The number of nitrogens with one attached hydrogen (secondary N) is 1. The molecule has 0 heterocycles. The monoisotopic (exact) mass is 620 g/mol. The largest absolute Gasteiger partial charge is 0.489 e. The van der Waals surface area contributed by atoms with E-state index in [1.54, 1.807) is 48.5 Å². The highest BCUT2D eigenvalue weighted by Gasteiger charge is 2.13. The highest BCUT2D eigenvalue weighted by Crippen LogP contribution is 2.28. The third kappa shape index (κ3) is 8.11. The van der Waals surface area contributed by atoms with E-state index in [0.717, 1.165) is 15.6 Å². The maximum absolute atomic E-state index is 12.9. The van der Waals surface area contributed by atoms with Gasteiger partial charge in [-0.25, -0.2) is 0 Å². The molecule has 4 aromatic rings. The Hall–Kier alpha value is -3.76. The first-order chi connectivity index (χ1) is 18.8. The van der Waals surface area contributed by atoms with Crippen LogP contribution in [0, 0.1) is 18.3 Å². The molecule has 0 aliphatic heterocycles. The Bertz CT molecular complexity index is 1550. The second-order valence-electron chi connectivity index (χ2n) is 8.64. The van der Waals surface area contributed by atoms with Crippen LogP contribution >= 0.6 is 39.1 Å². The van der Waals surface area contributed by atoms with Crippen molar-refractivity contribution in [3.8, 4) is 17.6 Å². The number of carbonyl (C=O) groups is 1. The van der Waals surface area contributed by atoms with Gasteiger partial charge in [-0.2, -0.15) is 5.26 Å². The van der Waals surface area contributed by atoms with Crippen LogP contribution in [0.1, 0.15) is 22.3 Å². The topological polar surface area (TPSA) is 71.3 Å². The number of aryl methyl sites for hydroxylation is 1. The standard InChI is InChI=1S/C31H23BrCl2N2O3/c1-20-2-4-21(5-3-20)18-38-27-10-8-26(9-11-27)36-31(37)24(17-35)15-23-16-25(32)7-13-30(23)39-19-22-6-12-28(33)29(34)14-22/h2-16H,18-19H2,1H3,(H,36,37)/b24-15+. The van der Waals surface area contributed by atoms with E-state index in [4.69, 9.17) is 32.7 Å². The smallest absolute Gasteiger partial charge is 0.266 e. The molecule has 0 aliphatic carbocycles. The van der Waals surface area contributed by atoms with E-state index in [2.05, 4.69) is 21.2 Å². The highest BCUT2D eigenvalue weighted by atomic mass is 79.9. The molecule has 4 rings (SSSR count). The van der Waals surface area contributed by atoms with Gasteiger partial charge in [-0.05, 0) is 78.7 Å². The van der Waals surface area contributed by atoms with Gasteiger partial charge in [0.1, 0.15) is 36.4 Å². The van der Waals surface area contributed by atoms with Crippen molar-refractivity contribution in [3.63, 3.8) is 0 Å². The number of carbonyl (C=O) groups excluding carboxylic acids is 1. The van der Waals surface area contributed by atoms with Crippen LogP contribution in [0.25, 0.3) is 6.08 Å². The molecule has 0 radical (unpaired) electrons. The van der Waals surface area contributed by atoms with E-state index >= 15 is 0 Å². The molecule has 0 spiro atoms. The average molecular weight is 622 g/mol. The molecule has 39 heavy (non-hydrogen) atoms. The summed E-state index contributed by atoms with van der Waals surface area (Å²) < 4.78 is 12.6. The van der Waals surface area contributed by atoms with Crippen LogP contribution in [-0.4, -0.2) is 5.91 Å². The maximum atomic E-state index is 12.9. The van der Waals surface area contributed by atoms with E-state index in [1.807, 2.05) is 49.4 Å². The Kier molecular flexibility index (Phi) is 9.67. The molecule has 1 N–H and O–H groups in total. The zero-order valence-corrected chi connectivity index (χ0v) is 24.0. The second kappa shape index (κ2) is 13.3. The summed E-state index contributed by atoms with van der Waals surface area (Å²) in [4.78, 5) is 12.9. The van der Waals surface area contributed by atoms with E-state index in [-0.39, 0.29) is 12.2 Å². The van der Waals surface area contributed by atoms with Crippen LogP contribution in [0.15, 0.2) is 95.0 Å². The Morgan fingerprint density at radius 3 is 2.28 bits per heavy atom. The van der Waals surface area contributed by atoms with Crippen LogP contribution in [0.3, 0.4) is 0 Å². The third-order valence-corrected chi connectivity index (χ3v) is 6.89. The summed E-state index contributed by atoms with van der Waals surface area (Å²) in [7, 11) is 0. The van der Waals surface area contributed by atoms with Crippen LogP contribution < -0.4 is 14.8 Å². The summed E-state index contributed by atoms with van der Waals surface area (Å²) in [5, 5.41) is 13.4. The normalized spacial score (nSPS) is 11.0. The van der Waals surface area contributed by atoms with Gasteiger partial charge >= 0.3 is 0 Å². The van der Waals surface area contributed by atoms with Crippen LogP contribution in [0.4, 0.5) is 5.69 Å². The van der Waals surface area contributed by atoms with Gasteiger partial charge in [-0.3, -0.25) is 4.79 Å². The number of halogens is 3. The molecule has 1 amide bonds. The van der Waals surface area contributed by atoms with Crippen molar-refractivity contribution in [2.24, 2.45) is 0 Å². The lowest BCUT2D eigenvalue weighted by Gasteiger charge is -2.11. The molecule has 196 valence electrons. The lowest BCUT2D eigenvalue weighted by molar-refractivity contribution is -0.112. The van der Waals surface area contributed by atoms with Gasteiger partial charge in [-0.1, -0.05) is 75.0 Å². The predicted octanol–water partition coefficient (Wildman–Crippen LogP) is 8.77. The highest BCUT2D eigenvalue weighted by molar-refractivity contribution is 9.10. The quantitative estimate of drug-likeness (QED) is 0.150. The molecule has 0 saturated heterocycles. The zero-order chi connectivity index (χ0) is 27.8. The van der Waals surface area contributed by atoms with Crippen molar-refractivity contribution in [2.45, 2.75) is 20.1 Å². The summed E-state index contributed by atoms with van der Waals surface area (Å²) in [6, 6.07) is 27.7. The molecule has 8 heteroatoms. The molecule has 0 fully saturated rings. The van der Waals surface area contributed by atoms with Gasteiger partial charge in [0.05, 0.1) is 10.0 Å². The number of nitrogens with zero attached hydrogens (tertiary/aromatic N) is 1. The number of amides is 1. The molecule has 0 bridgehead atoms. The molecule has 0 aromatic heterocycles. The summed E-state index contributed by atoms with van der Waals surface area (Å²) >= 11 is 15.5. The summed E-state index contributed by atoms with van der Waals surface area (Å²) in [5.74, 6) is 0.628. The molecule has 0 atom stereocenters. The molecule has 0 aliphatic rings.